The molecule has 4 heterocycles. The van der Waals surface area contributed by atoms with Gasteiger partial charge in [0.2, 0.25) is 23.6 Å². The van der Waals surface area contributed by atoms with Crippen LogP contribution < -0.4 is 15.5 Å². The highest BCUT2D eigenvalue weighted by molar-refractivity contribution is 8.00. The Balaban J connectivity index is 1.12. The molecular formula is C49H69ClN4O11S. The molecule has 17 heteroatoms. The number of ketones is 1. The maximum absolute atomic E-state index is 14.4. The molecule has 15 nitrogen and oxygen atoms in total. The van der Waals surface area contributed by atoms with Gasteiger partial charge in [-0.3, -0.25) is 34.2 Å². The van der Waals surface area contributed by atoms with Crippen LogP contribution in [-0.2, 0) is 49.3 Å². The monoisotopic (exact) mass is 956 g/mol. The number of allylic oxidation sites excluding steroid dienone is 3. The summed E-state index contributed by atoms with van der Waals surface area (Å²) in [6, 6.07) is 3.88. The number of epoxide rings is 1. The number of carbonyl (C=O) groups excluding carboxylic acids is 6. The van der Waals surface area contributed by atoms with E-state index in [-0.39, 0.29) is 73.5 Å². The van der Waals surface area contributed by atoms with Crippen molar-refractivity contribution < 1.29 is 52.8 Å². The van der Waals surface area contributed by atoms with E-state index in [0.717, 1.165) is 42.4 Å². The normalized spacial score (nSPS) is 33.3. The van der Waals surface area contributed by atoms with Crippen LogP contribution in [0.2, 0.25) is 5.02 Å². The summed E-state index contributed by atoms with van der Waals surface area (Å²) < 4.78 is 24.1. The molecule has 4 bridgehead atoms. The zero-order valence-electron chi connectivity index (χ0n) is 39.9. The number of likely N-dealkylation sites (tertiary alicyclic amines) is 1. The lowest BCUT2D eigenvalue weighted by molar-refractivity contribution is -0.142. The minimum atomic E-state index is -1.80. The molecule has 66 heavy (non-hydrogen) atoms. The van der Waals surface area contributed by atoms with E-state index in [1.54, 1.807) is 40.1 Å². The predicted molar refractivity (Wildman–Crippen MR) is 252 cm³/mol. The highest BCUT2D eigenvalue weighted by Gasteiger charge is 2.63. The number of amides is 5. The highest BCUT2D eigenvalue weighted by Crippen LogP contribution is 2.52. The van der Waals surface area contributed by atoms with Gasteiger partial charge in [-0.25, -0.2) is 4.79 Å². The van der Waals surface area contributed by atoms with Crippen molar-refractivity contribution in [1.29, 1.82) is 0 Å². The van der Waals surface area contributed by atoms with Gasteiger partial charge in [0.25, 0.3) is 0 Å². The van der Waals surface area contributed by atoms with E-state index in [1.165, 1.54) is 28.7 Å². The van der Waals surface area contributed by atoms with Crippen LogP contribution in [0.1, 0.15) is 104 Å². The van der Waals surface area contributed by atoms with Crippen molar-refractivity contribution in [2.75, 3.05) is 45.0 Å². The number of hydrogen-bond donors (Lipinski definition) is 3. The van der Waals surface area contributed by atoms with Gasteiger partial charge in [0.05, 0.1) is 27.7 Å². The summed E-state index contributed by atoms with van der Waals surface area (Å²) in [5.74, 6) is -1.16. The molecule has 4 fully saturated rings. The van der Waals surface area contributed by atoms with Gasteiger partial charge in [-0.1, -0.05) is 48.4 Å². The molecule has 3 N–H and O–H groups in total. The van der Waals surface area contributed by atoms with Gasteiger partial charge in [0.15, 0.2) is 11.5 Å². The first-order chi connectivity index (χ1) is 31.1. The Hall–Kier alpha value is -3.80. The van der Waals surface area contributed by atoms with Crippen LogP contribution in [0.5, 0.6) is 0 Å². The number of Topliss-reactive ketones (excluding diaryl/α,β-unsaturated/α-hetero) is 1. The summed E-state index contributed by atoms with van der Waals surface area (Å²) in [5, 5.41) is 17.1. The van der Waals surface area contributed by atoms with Crippen LogP contribution in [0.4, 0.5) is 10.5 Å². The number of imide groups is 1. The van der Waals surface area contributed by atoms with Crippen molar-refractivity contribution in [2.24, 2.45) is 23.7 Å². The average molecular weight is 958 g/mol. The number of benzene rings is 1. The number of ether oxygens (including phenoxy) is 4. The molecule has 6 rings (SSSR count). The maximum Gasteiger partial charge on any atom is 0.409 e. The summed E-state index contributed by atoms with van der Waals surface area (Å²) in [5.41, 5.74) is -0.773. The van der Waals surface area contributed by atoms with E-state index >= 15 is 0 Å². The number of nitrogens with one attached hydrogen (secondary N) is 2. The molecule has 0 spiro atoms. The van der Waals surface area contributed by atoms with Gasteiger partial charge >= 0.3 is 6.09 Å². The van der Waals surface area contributed by atoms with Crippen LogP contribution >= 0.6 is 23.4 Å². The number of fused-ring (bicyclic) bond motifs is 5. The fraction of sp³-hybridized carbons (Fsp3) is 0.673. The molecule has 5 aliphatic rings. The van der Waals surface area contributed by atoms with Gasteiger partial charge in [-0.2, -0.15) is 0 Å². The summed E-state index contributed by atoms with van der Waals surface area (Å²) in [4.78, 5) is 82.9. The highest BCUT2D eigenvalue weighted by atomic mass is 35.5. The third-order valence-corrected chi connectivity index (χ3v) is 16.2. The quantitative estimate of drug-likeness (QED) is 0.115. The fourth-order valence-electron chi connectivity index (χ4n) is 10.1. The summed E-state index contributed by atoms with van der Waals surface area (Å²) in [6.07, 6.45) is 6.50. The Bertz CT molecular complexity index is 2090. The Morgan fingerprint density at radius 3 is 2.48 bits per heavy atom. The lowest BCUT2D eigenvalue weighted by atomic mass is 9.77. The van der Waals surface area contributed by atoms with Gasteiger partial charge in [-0.15, -0.1) is 11.8 Å². The number of carbonyl (C=O) groups is 6. The van der Waals surface area contributed by atoms with Gasteiger partial charge < -0.3 is 34.3 Å². The number of aryl methyl sites for hydroxylation is 1. The van der Waals surface area contributed by atoms with Crippen LogP contribution in [0, 0.1) is 30.6 Å². The number of anilines is 1. The second kappa shape index (κ2) is 21.2. The molecule has 1 saturated carbocycles. The molecule has 3 saturated heterocycles. The van der Waals surface area contributed by atoms with Crippen molar-refractivity contribution >= 4 is 64.6 Å². The maximum atomic E-state index is 14.4. The number of methoxy groups -OCH3 is 1. The molecule has 364 valence electrons. The van der Waals surface area contributed by atoms with E-state index in [4.69, 9.17) is 30.5 Å². The smallest absolute Gasteiger partial charge is 0.409 e. The van der Waals surface area contributed by atoms with E-state index in [9.17, 15) is 33.9 Å². The topological polar surface area (TPSA) is 193 Å². The summed E-state index contributed by atoms with van der Waals surface area (Å²) in [6.45, 7) is 11.6. The molecule has 0 aromatic heterocycles. The van der Waals surface area contributed by atoms with Crippen LogP contribution in [-0.4, -0.2) is 126 Å². The second-order valence-corrected chi connectivity index (χ2v) is 21.4. The van der Waals surface area contributed by atoms with E-state index in [1.807, 2.05) is 45.9 Å². The molecule has 8 atom stereocenters. The average Bonchev–Trinajstić information content (AvgIpc) is 3.90. The van der Waals surface area contributed by atoms with E-state index < -0.39 is 58.4 Å². The molecule has 4 aliphatic heterocycles. The second-order valence-electron chi connectivity index (χ2n) is 19.7. The van der Waals surface area contributed by atoms with Crippen molar-refractivity contribution in [3.63, 3.8) is 0 Å². The SMILES string of the molecule is CNC(=O)[C@H]1CC[C@H](CN2C(=O)CC(SCCCOC(C)(C)C(=O)C[C@H]3CC(=O)N(C)c4cc(cc(C)c4Cl)C/C(C)=C/C=C/[C@@H](OC)[C@@]4(O)C[C@H](OC(=O)N4)[C@@H](C)[C@@H]4O[C@@]34C)C2=O)CC1. The lowest BCUT2D eigenvalue weighted by Crippen LogP contribution is -2.63. The summed E-state index contributed by atoms with van der Waals surface area (Å²) >= 11 is 8.28. The molecule has 1 unspecified atom stereocenters. The Morgan fingerprint density at radius 2 is 1.80 bits per heavy atom. The molecule has 1 aromatic rings. The Labute approximate surface area is 398 Å². The third-order valence-electron chi connectivity index (χ3n) is 14.5. The number of aliphatic hydroxyl groups is 1. The number of rotatable bonds is 13. The van der Waals surface area contributed by atoms with Crippen LogP contribution in [0.15, 0.2) is 35.9 Å². The lowest BCUT2D eigenvalue weighted by Gasteiger charge is -2.42. The largest absolute Gasteiger partial charge is 0.446 e. The first-order valence-corrected chi connectivity index (χ1v) is 24.7. The van der Waals surface area contributed by atoms with Crippen molar-refractivity contribution in [2.45, 2.75) is 146 Å². The van der Waals surface area contributed by atoms with Crippen molar-refractivity contribution in [3.05, 3.63) is 52.1 Å². The molecule has 5 amide bonds. The predicted octanol–water partition coefficient (Wildman–Crippen LogP) is 6.23. The number of thioether (sulfide) groups is 1. The zero-order chi connectivity index (χ0) is 48.3. The van der Waals surface area contributed by atoms with Crippen molar-refractivity contribution in [1.82, 2.24) is 15.5 Å². The van der Waals surface area contributed by atoms with E-state index in [0.29, 0.717) is 35.8 Å². The Kier molecular flexibility index (Phi) is 16.6. The zero-order valence-corrected chi connectivity index (χ0v) is 41.5. The minimum absolute atomic E-state index is 0.0127. The molecule has 0 radical (unpaired) electrons. The first kappa shape index (κ1) is 51.6. The number of nitrogens with zero attached hydrogens (tertiary/aromatic N) is 2. The minimum Gasteiger partial charge on any atom is -0.446 e. The standard InChI is InChI=1S/C49H69ClN4O11S/c1-28-12-10-13-39(62-9)49(61)26-36(64-46(60)52-49)30(3)43-48(6,65-43)34(24-40(56)53(8)35-22-32(20-28)21-29(2)42(35)50)23-38(55)47(4,5)63-18-11-19-66-37-25-41(57)54(45(37)59)27-31-14-16-33(17-15-31)44(58)51-7/h10,12-13,21-22,30-31,33-34,36-37,39,43,61H,11,14-20,23-27H2,1-9H3,(H,51,58)(H,52,60)/b13-10+,28-12+/t30-,31-,33-,34+,36+,37?,39-,43+,48+,49+/m1/s1. The fourth-order valence-corrected chi connectivity index (χ4v) is 11.4. The summed E-state index contributed by atoms with van der Waals surface area (Å²) in [7, 11) is 4.77. The van der Waals surface area contributed by atoms with Gasteiger partial charge in [-0.05, 0) is 102 Å². The van der Waals surface area contributed by atoms with Gasteiger partial charge in [0, 0.05) is 77.8 Å². The van der Waals surface area contributed by atoms with Crippen LogP contribution in [0.3, 0.4) is 0 Å². The number of alkyl carbamates (subject to hydrolysis) is 1. The third kappa shape index (κ3) is 11.7. The first-order valence-electron chi connectivity index (χ1n) is 23.3. The number of halogens is 1. The number of hydrogen-bond acceptors (Lipinski definition) is 12. The molecule has 1 aliphatic carbocycles. The Morgan fingerprint density at radius 1 is 1.09 bits per heavy atom. The molecular weight excluding hydrogens is 888 g/mol. The molecule has 1 aromatic carbocycles. The van der Waals surface area contributed by atoms with Gasteiger partial charge in [0.1, 0.15) is 17.8 Å². The van der Waals surface area contributed by atoms with Crippen LogP contribution in [0.25, 0.3) is 0 Å². The van der Waals surface area contributed by atoms with Crippen molar-refractivity contribution in [3.8, 4) is 0 Å². The van der Waals surface area contributed by atoms with E-state index in [2.05, 4.69) is 10.6 Å².